The van der Waals surface area contributed by atoms with Crippen molar-refractivity contribution in [1.29, 1.82) is 0 Å². The summed E-state index contributed by atoms with van der Waals surface area (Å²) in [6.07, 6.45) is 7.88. The van der Waals surface area contributed by atoms with Gasteiger partial charge in [-0.2, -0.15) is 0 Å². The number of nitrogens with zero attached hydrogens (tertiary/aromatic N) is 1. The number of hydrazine groups is 1. The van der Waals surface area contributed by atoms with E-state index >= 15 is 0 Å². The first-order valence-electron chi connectivity index (χ1n) is 7.43. The molecule has 0 aromatic carbocycles. The van der Waals surface area contributed by atoms with E-state index in [9.17, 15) is 4.79 Å². The van der Waals surface area contributed by atoms with Gasteiger partial charge in [0, 0.05) is 6.54 Å². The van der Waals surface area contributed by atoms with Crippen LogP contribution in [0.5, 0.6) is 0 Å². The second-order valence-electron chi connectivity index (χ2n) is 5.58. The van der Waals surface area contributed by atoms with E-state index < -0.39 is 0 Å². The number of anilines is 1. The Kier molecular flexibility index (Phi) is 5.35. The van der Waals surface area contributed by atoms with Gasteiger partial charge in [-0.1, -0.05) is 26.2 Å². The van der Waals surface area contributed by atoms with E-state index in [1.165, 1.54) is 32.1 Å². The number of amides is 1. The van der Waals surface area contributed by atoms with Crippen molar-refractivity contribution in [3.63, 3.8) is 0 Å². The highest BCUT2D eigenvalue weighted by Crippen LogP contribution is 2.30. The number of pyridine rings is 1. The normalized spacial score (nSPS) is 22.3. The lowest BCUT2D eigenvalue weighted by Crippen LogP contribution is -2.31. The minimum atomic E-state index is -0.105. The van der Waals surface area contributed by atoms with Crippen LogP contribution in [0.1, 0.15) is 49.5 Å². The lowest BCUT2D eigenvalue weighted by atomic mass is 9.81. The van der Waals surface area contributed by atoms with E-state index in [1.54, 1.807) is 18.3 Å². The van der Waals surface area contributed by atoms with Gasteiger partial charge in [-0.05, 0) is 36.8 Å². The minimum Gasteiger partial charge on any atom is -0.350 e. The molecule has 4 N–H and O–H groups in total. The molecule has 0 aliphatic heterocycles. The van der Waals surface area contributed by atoms with E-state index in [4.69, 9.17) is 5.84 Å². The van der Waals surface area contributed by atoms with Gasteiger partial charge in [0.1, 0.15) is 5.69 Å². The summed E-state index contributed by atoms with van der Waals surface area (Å²) >= 11 is 0. The summed E-state index contributed by atoms with van der Waals surface area (Å²) in [5.41, 5.74) is 3.62. The quantitative estimate of drug-likeness (QED) is 0.569. The summed E-state index contributed by atoms with van der Waals surface area (Å²) < 4.78 is 0. The van der Waals surface area contributed by atoms with Crippen LogP contribution in [0.3, 0.4) is 0 Å². The Labute approximate surface area is 120 Å². The van der Waals surface area contributed by atoms with Crippen LogP contribution in [0.4, 0.5) is 5.69 Å². The molecule has 0 unspecified atom stereocenters. The number of aromatic nitrogens is 1. The summed E-state index contributed by atoms with van der Waals surface area (Å²) in [6.45, 7) is 3.02. The molecule has 1 aromatic heterocycles. The van der Waals surface area contributed by atoms with Crippen LogP contribution in [0, 0.1) is 11.8 Å². The number of hydrogen-bond acceptors (Lipinski definition) is 4. The predicted octanol–water partition coefficient (Wildman–Crippen LogP) is 2.31. The zero-order valence-electron chi connectivity index (χ0n) is 12.1. The fourth-order valence-electron chi connectivity index (χ4n) is 2.79. The lowest BCUT2D eigenvalue weighted by molar-refractivity contribution is 0.0936. The lowest BCUT2D eigenvalue weighted by Gasteiger charge is -2.27. The Bertz CT molecular complexity index is 424. The van der Waals surface area contributed by atoms with Gasteiger partial charge in [0.15, 0.2) is 0 Å². The van der Waals surface area contributed by atoms with Gasteiger partial charge in [0.25, 0.3) is 5.91 Å². The van der Waals surface area contributed by atoms with Crippen LogP contribution in [-0.4, -0.2) is 17.4 Å². The van der Waals surface area contributed by atoms with E-state index in [0.717, 1.165) is 12.5 Å². The number of rotatable bonds is 5. The molecule has 1 aliphatic rings. The topological polar surface area (TPSA) is 80.0 Å². The maximum Gasteiger partial charge on any atom is 0.269 e. The van der Waals surface area contributed by atoms with Crippen LogP contribution >= 0.6 is 0 Å². The largest absolute Gasteiger partial charge is 0.350 e. The van der Waals surface area contributed by atoms with Gasteiger partial charge >= 0.3 is 0 Å². The molecule has 0 atom stereocenters. The third kappa shape index (κ3) is 3.93. The average molecular weight is 276 g/mol. The molecule has 0 spiro atoms. The number of nitrogen functional groups attached to an aromatic ring is 1. The van der Waals surface area contributed by atoms with E-state index in [2.05, 4.69) is 22.7 Å². The number of hydrogen-bond donors (Lipinski definition) is 3. The zero-order valence-corrected chi connectivity index (χ0v) is 12.1. The second kappa shape index (κ2) is 7.24. The standard InChI is InChI=1S/C15H24N4O/c1-2-11-3-5-12(6-4-11)9-18-15(20)14-8-7-13(19-16)10-17-14/h7-8,10-12,19H,2-6,9,16H2,1H3,(H,18,20). The van der Waals surface area contributed by atoms with Crippen molar-refractivity contribution in [2.45, 2.75) is 39.0 Å². The van der Waals surface area contributed by atoms with E-state index in [-0.39, 0.29) is 5.91 Å². The summed E-state index contributed by atoms with van der Waals surface area (Å²) in [5, 5.41) is 2.99. The first kappa shape index (κ1) is 14.8. The summed E-state index contributed by atoms with van der Waals surface area (Å²) in [4.78, 5) is 16.1. The molecular formula is C15H24N4O. The number of carbonyl (C=O) groups excluding carboxylic acids is 1. The Hall–Kier alpha value is -1.62. The van der Waals surface area contributed by atoms with Gasteiger partial charge in [0.05, 0.1) is 11.9 Å². The van der Waals surface area contributed by atoms with E-state index in [0.29, 0.717) is 17.3 Å². The van der Waals surface area contributed by atoms with Gasteiger partial charge in [-0.15, -0.1) is 0 Å². The average Bonchev–Trinajstić information content (AvgIpc) is 2.53. The van der Waals surface area contributed by atoms with Crippen LogP contribution in [-0.2, 0) is 0 Å². The molecule has 2 rings (SSSR count). The zero-order chi connectivity index (χ0) is 14.4. The minimum absolute atomic E-state index is 0.105. The third-order valence-corrected chi connectivity index (χ3v) is 4.26. The Morgan fingerprint density at radius 2 is 2.00 bits per heavy atom. The smallest absolute Gasteiger partial charge is 0.269 e. The molecule has 5 nitrogen and oxygen atoms in total. The van der Waals surface area contributed by atoms with Gasteiger partial charge in [0.2, 0.25) is 0 Å². The molecule has 1 saturated carbocycles. The summed E-state index contributed by atoms with van der Waals surface area (Å²) in [6, 6.07) is 3.42. The summed E-state index contributed by atoms with van der Waals surface area (Å²) in [5.74, 6) is 6.67. The van der Waals surface area contributed by atoms with Gasteiger partial charge in [-0.3, -0.25) is 10.6 Å². The molecule has 0 bridgehead atoms. The van der Waals surface area contributed by atoms with Gasteiger partial charge in [-0.25, -0.2) is 4.98 Å². The SMILES string of the molecule is CCC1CCC(CNC(=O)c2ccc(NN)cn2)CC1. The second-order valence-corrected chi connectivity index (χ2v) is 5.58. The monoisotopic (exact) mass is 276 g/mol. The van der Waals surface area contributed by atoms with Crippen LogP contribution in [0.2, 0.25) is 0 Å². The van der Waals surface area contributed by atoms with Crippen LogP contribution in [0.15, 0.2) is 18.3 Å². The molecule has 0 radical (unpaired) electrons. The molecule has 20 heavy (non-hydrogen) atoms. The third-order valence-electron chi connectivity index (χ3n) is 4.26. The van der Waals surface area contributed by atoms with Gasteiger partial charge < -0.3 is 10.7 Å². The number of nitrogens with one attached hydrogen (secondary N) is 2. The maximum atomic E-state index is 12.0. The maximum absolute atomic E-state index is 12.0. The molecular weight excluding hydrogens is 252 g/mol. The molecule has 1 fully saturated rings. The Balaban J connectivity index is 1.77. The molecule has 110 valence electrons. The molecule has 5 heteroatoms. The molecule has 1 aliphatic carbocycles. The van der Waals surface area contributed by atoms with Crippen molar-refractivity contribution in [3.8, 4) is 0 Å². The number of carbonyl (C=O) groups is 1. The van der Waals surface area contributed by atoms with Crippen molar-refractivity contribution in [2.75, 3.05) is 12.0 Å². The highest BCUT2D eigenvalue weighted by Gasteiger charge is 2.20. The van der Waals surface area contributed by atoms with Crippen LogP contribution < -0.4 is 16.6 Å². The van der Waals surface area contributed by atoms with Crippen molar-refractivity contribution in [2.24, 2.45) is 17.7 Å². The first-order chi connectivity index (χ1) is 9.72. The van der Waals surface area contributed by atoms with Crippen LogP contribution in [0.25, 0.3) is 0 Å². The Morgan fingerprint density at radius 3 is 2.55 bits per heavy atom. The highest BCUT2D eigenvalue weighted by atomic mass is 16.1. The molecule has 0 saturated heterocycles. The first-order valence-corrected chi connectivity index (χ1v) is 7.43. The molecule has 1 aromatic rings. The molecule has 1 amide bonds. The van der Waals surface area contributed by atoms with Crippen molar-refractivity contribution >= 4 is 11.6 Å². The fourth-order valence-corrected chi connectivity index (χ4v) is 2.79. The number of nitrogens with two attached hydrogens (primary N) is 1. The van der Waals surface area contributed by atoms with Crippen molar-refractivity contribution < 1.29 is 4.79 Å². The highest BCUT2D eigenvalue weighted by molar-refractivity contribution is 5.92. The fraction of sp³-hybridized carbons (Fsp3) is 0.600. The summed E-state index contributed by atoms with van der Waals surface area (Å²) in [7, 11) is 0. The van der Waals surface area contributed by atoms with E-state index in [1.807, 2.05) is 0 Å². The van der Waals surface area contributed by atoms with Crippen molar-refractivity contribution in [3.05, 3.63) is 24.0 Å². The predicted molar refractivity (Wildman–Crippen MR) is 80.1 cm³/mol. The molecule has 1 heterocycles. The Morgan fingerprint density at radius 1 is 1.30 bits per heavy atom. The van der Waals surface area contributed by atoms with Crippen molar-refractivity contribution in [1.82, 2.24) is 10.3 Å².